The molecule has 0 aromatic heterocycles. The molecule has 1 aliphatic heterocycles. The van der Waals surface area contributed by atoms with Crippen molar-refractivity contribution < 1.29 is 18.7 Å². The molecule has 1 aliphatic rings. The maximum atomic E-state index is 13.0. The number of ether oxygens (including phenoxy) is 2. The Bertz CT molecular complexity index is 566. The summed E-state index contributed by atoms with van der Waals surface area (Å²) in [5.41, 5.74) is 1.25. The molecule has 0 spiro atoms. The zero-order valence-corrected chi connectivity index (χ0v) is 11.5. The number of esters is 1. The molecule has 0 bridgehead atoms. The number of halogens is 1. The molecule has 0 aliphatic carbocycles. The van der Waals surface area contributed by atoms with Gasteiger partial charge in [0.2, 0.25) is 0 Å². The Morgan fingerprint density at radius 1 is 1.25 bits per heavy atom. The Morgan fingerprint density at radius 2 is 1.90 bits per heavy atom. The number of carbonyl (C=O) groups excluding carboxylic acids is 1. The van der Waals surface area contributed by atoms with Gasteiger partial charge in [0.1, 0.15) is 11.7 Å². The molecule has 0 N–H and O–H groups in total. The van der Waals surface area contributed by atoms with Gasteiger partial charge in [-0.3, -0.25) is 4.79 Å². The monoisotopic (exact) mass is 278 g/mol. The van der Waals surface area contributed by atoms with E-state index in [-0.39, 0.29) is 11.8 Å². The fourth-order valence-corrected chi connectivity index (χ4v) is 2.12. The minimum atomic E-state index is -0.635. The third kappa shape index (κ3) is 2.68. The lowest BCUT2D eigenvalue weighted by molar-refractivity contribution is -0.143. The average Bonchev–Trinajstić information content (AvgIpc) is 2.46. The smallest absolute Gasteiger partial charge is 0.316 e. The maximum absolute atomic E-state index is 13.0. The molecule has 5 nitrogen and oxygen atoms in total. The number of hydrogen-bond acceptors (Lipinski definition) is 5. The van der Waals surface area contributed by atoms with E-state index < -0.39 is 17.9 Å². The molecule has 1 heterocycles. The Kier molecular flexibility index (Phi) is 4.12. The van der Waals surface area contributed by atoms with E-state index in [4.69, 9.17) is 9.47 Å². The molecule has 1 aromatic rings. The van der Waals surface area contributed by atoms with Crippen molar-refractivity contribution in [3.63, 3.8) is 0 Å². The first-order valence-corrected chi connectivity index (χ1v) is 6.07. The summed E-state index contributed by atoms with van der Waals surface area (Å²) in [5, 5.41) is 0. The third-order valence-corrected chi connectivity index (χ3v) is 3.14. The van der Waals surface area contributed by atoms with Crippen molar-refractivity contribution >= 4 is 17.7 Å². The van der Waals surface area contributed by atoms with E-state index in [1.165, 1.54) is 26.4 Å². The van der Waals surface area contributed by atoms with Gasteiger partial charge in [-0.1, -0.05) is 12.1 Å². The molecule has 0 saturated heterocycles. The largest absolute Gasteiger partial charge is 0.468 e. The van der Waals surface area contributed by atoms with Gasteiger partial charge in [0.05, 0.1) is 20.3 Å². The molecule has 0 radical (unpaired) electrons. The number of hydrogen-bond donors (Lipinski definition) is 0. The Balaban J connectivity index is 2.44. The summed E-state index contributed by atoms with van der Waals surface area (Å²) < 4.78 is 22.9. The zero-order chi connectivity index (χ0) is 14.7. The van der Waals surface area contributed by atoms with Crippen LogP contribution in [0.2, 0.25) is 0 Å². The van der Waals surface area contributed by atoms with E-state index in [9.17, 15) is 9.18 Å². The molecule has 0 fully saturated rings. The van der Waals surface area contributed by atoms with E-state index in [2.05, 4.69) is 9.98 Å². The lowest BCUT2D eigenvalue weighted by Crippen LogP contribution is -2.33. The van der Waals surface area contributed by atoms with Crippen LogP contribution in [0, 0.1) is 11.7 Å². The lowest BCUT2D eigenvalue weighted by Gasteiger charge is -2.25. The number of nitrogens with zero attached hydrogens (tertiary/aromatic N) is 2. The Morgan fingerprint density at radius 3 is 2.45 bits per heavy atom. The van der Waals surface area contributed by atoms with E-state index in [1.54, 1.807) is 19.1 Å². The van der Waals surface area contributed by atoms with Crippen LogP contribution in [-0.2, 0) is 14.3 Å². The summed E-state index contributed by atoms with van der Waals surface area (Å²) in [5.74, 6) is -1.41. The van der Waals surface area contributed by atoms with Crippen LogP contribution < -0.4 is 0 Å². The molecule has 2 unspecified atom stereocenters. The Hall–Kier alpha value is -2.24. The summed E-state index contributed by atoms with van der Waals surface area (Å²) in [7, 11) is 2.77. The summed E-state index contributed by atoms with van der Waals surface area (Å²) >= 11 is 0. The summed E-state index contributed by atoms with van der Waals surface area (Å²) in [6.07, 6.45) is 0. The van der Waals surface area contributed by atoms with Crippen LogP contribution in [0.5, 0.6) is 0 Å². The standard InChI is InChI=1S/C14H15FN2O3/c1-8-11(13(18)19-2)12(17-14(16-8)20-3)9-4-6-10(15)7-5-9/h4-7,11-12H,1-3H3. The second-order valence-electron chi connectivity index (χ2n) is 4.37. The molecule has 6 heteroatoms. The lowest BCUT2D eigenvalue weighted by atomic mass is 9.89. The fraction of sp³-hybridized carbons (Fsp3) is 0.357. The molecule has 1 aromatic carbocycles. The Labute approximate surface area is 116 Å². The van der Waals surface area contributed by atoms with Crippen molar-refractivity contribution in [2.45, 2.75) is 13.0 Å². The summed E-state index contributed by atoms with van der Waals surface area (Å²) in [6.45, 7) is 1.71. The minimum absolute atomic E-state index is 0.192. The predicted octanol–water partition coefficient (Wildman–Crippen LogP) is 2.13. The van der Waals surface area contributed by atoms with Gasteiger partial charge in [-0.2, -0.15) is 0 Å². The van der Waals surface area contributed by atoms with E-state index in [0.717, 1.165) is 0 Å². The van der Waals surface area contributed by atoms with Crippen molar-refractivity contribution in [1.82, 2.24) is 0 Å². The molecule has 0 amide bonds. The number of methoxy groups -OCH3 is 2. The van der Waals surface area contributed by atoms with Gasteiger partial charge in [-0.05, 0) is 24.6 Å². The predicted molar refractivity (Wildman–Crippen MR) is 72.2 cm³/mol. The van der Waals surface area contributed by atoms with Crippen LogP contribution >= 0.6 is 0 Å². The third-order valence-electron chi connectivity index (χ3n) is 3.14. The van der Waals surface area contributed by atoms with E-state index in [0.29, 0.717) is 11.3 Å². The number of aliphatic imine (C=N–C) groups is 2. The van der Waals surface area contributed by atoms with Gasteiger partial charge >= 0.3 is 12.0 Å². The first-order chi connectivity index (χ1) is 9.56. The van der Waals surface area contributed by atoms with E-state index >= 15 is 0 Å². The molecular weight excluding hydrogens is 263 g/mol. The molecular formula is C14H15FN2O3. The van der Waals surface area contributed by atoms with Crippen molar-refractivity contribution in [2.75, 3.05) is 14.2 Å². The van der Waals surface area contributed by atoms with Crippen LogP contribution in [0.4, 0.5) is 4.39 Å². The second-order valence-corrected chi connectivity index (χ2v) is 4.37. The minimum Gasteiger partial charge on any atom is -0.468 e. The van der Waals surface area contributed by atoms with Crippen molar-refractivity contribution in [3.8, 4) is 0 Å². The molecule has 20 heavy (non-hydrogen) atoms. The van der Waals surface area contributed by atoms with Crippen molar-refractivity contribution in [1.29, 1.82) is 0 Å². The molecule has 2 atom stereocenters. The molecule has 106 valence electrons. The number of rotatable bonds is 2. The number of amidine groups is 1. The average molecular weight is 278 g/mol. The first-order valence-electron chi connectivity index (χ1n) is 6.07. The zero-order valence-electron chi connectivity index (χ0n) is 11.5. The fourth-order valence-electron chi connectivity index (χ4n) is 2.12. The van der Waals surface area contributed by atoms with E-state index in [1.807, 2.05) is 0 Å². The summed E-state index contributed by atoms with van der Waals surface area (Å²) in [6, 6.07) is 5.49. The van der Waals surface area contributed by atoms with Gasteiger partial charge in [0.25, 0.3) is 0 Å². The quantitative estimate of drug-likeness (QED) is 0.779. The van der Waals surface area contributed by atoms with Crippen LogP contribution in [0.1, 0.15) is 18.5 Å². The highest BCUT2D eigenvalue weighted by Gasteiger charge is 2.36. The SMILES string of the molecule is COC(=O)C1C(C)=NC(OC)=NC1c1ccc(F)cc1. The molecule has 2 rings (SSSR count). The van der Waals surface area contributed by atoms with Crippen molar-refractivity contribution in [2.24, 2.45) is 15.9 Å². The topological polar surface area (TPSA) is 60.2 Å². The highest BCUT2D eigenvalue weighted by Crippen LogP contribution is 2.31. The summed E-state index contributed by atoms with van der Waals surface area (Å²) in [4.78, 5) is 20.3. The normalized spacial score (nSPS) is 21.8. The maximum Gasteiger partial charge on any atom is 0.316 e. The molecule has 0 saturated carbocycles. The highest BCUT2D eigenvalue weighted by molar-refractivity contribution is 6.07. The second kappa shape index (κ2) is 5.81. The highest BCUT2D eigenvalue weighted by atomic mass is 19.1. The van der Waals surface area contributed by atoms with Gasteiger partial charge in [0, 0.05) is 5.71 Å². The van der Waals surface area contributed by atoms with Gasteiger partial charge in [0.15, 0.2) is 0 Å². The van der Waals surface area contributed by atoms with Crippen molar-refractivity contribution in [3.05, 3.63) is 35.6 Å². The van der Waals surface area contributed by atoms with Crippen LogP contribution in [0.25, 0.3) is 0 Å². The van der Waals surface area contributed by atoms with Gasteiger partial charge < -0.3 is 9.47 Å². The van der Waals surface area contributed by atoms with Crippen LogP contribution in [-0.4, -0.2) is 31.9 Å². The van der Waals surface area contributed by atoms with Gasteiger partial charge in [-0.25, -0.2) is 14.4 Å². The van der Waals surface area contributed by atoms with Gasteiger partial charge in [-0.15, -0.1) is 0 Å². The first kappa shape index (κ1) is 14.2. The number of carbonyl (C=O) groups is 1. The number of benzene rings is 1. The van der Waals surface area contributed by atoms with Crippen LogP contribution in [0.15, 0.2) is 34.3 Å². The van der Waals surface area contributed by atoms with Crippen LogP contribution in [0.3, 0.4) is 0 Å².